The molecule has 0 aromatic heterocycles. The molecule has 0 heterocycles. The standard InChI is InChI=1S/C16H26ClNO3/c1-5-7-21-15-9-13(17)12(8-14(15)20-6-2)10-18-16(3,4)11-19/h8-9,18-19H,5-7,10-11H2,1-4H3. The van der Waals surface area contributed by atoms with Crippen molar-refractivity contribution in [3.63, 3.8) is 0 Å². The van der Waals surface area contributed by atoms with Crippen molar-refractivity contribution >= 4 is 11.6 Å². The van der Waals surface area contributed by atoms with Gasteiger partial charge in [-0.1, -0.05) is 18.5 Å². The van der Waals surface area contributed by atoms with Crippen molar-refractivity contribution < 1.29 is 14.6 Å². The Balaban J connectivity index is 2.92. The molecule has 1 aromatic carbocycles. The van der Waals surface area contributed by atoms with Crippen molar-refractivity contribution in [2.75, 3.05) is 19.8 Å². The number of rotatable bonds is 9. The fourth-order valence-corrected chi connectivity index (χ4v) is 1.92. The highest BCUT2D eigenvalue weighted by Gasteiger charge is 2.17. The summed E-state index contributed by atoms with van der Waals surface area (Å²) in [7, 11) is 0. The predicted molar refractivity (Wildman–Crippen MR) is 86.4 cm³/mol. The Morgan fingerprint density at radius 1 is 1.19 bits per heavy atom. The van der Waals surface area contributed by atoms with Crippen LogP contribution >= 0.6 is 11.6 Å². The number of hydrogen-bond donors (Lipinski definition) is 2. The summed E-state index contributed by atoms with van der Waals surface area (Å²) >= 11 is 6.31. The number of hydrogen-bond acceptors (Lipinski definition) is 4. The lowest BCUT2D eigenvalue weighted by molar-refractivity contribution is 0.187. The summed E-state index contributed by atoms with van der Waals surface area (Å²) < 4.78 is 11.3. The molecule has 0 unspecified atom stereocenters. The minimum absolute atomic E-state index is 0.0562. The number of nitrogens with one attached hydrogen (secondary N) is 1. The summed E-state index contributed by atoms with van der Waals surface area (Å²) in [5.74, 6) is 1.38. The number of aliphatic hydroxyl groups excluding tert-OH is 1. The zero-order valence-electron chi connectivity index (χ0n) is 13.3. The molecular weight excluding hydrogens is 290 g/mol. The first-order chi connectivity index (χ1) is 9.93. The van der Waals surface area contributed by atoms with Crippen LogP contribution in [0.4, 0.5) is 0 Å². The second-order valence-corrected chi connectivity index (χ2v) is 5.97. The molecule has 1 rings (SSSR count). The van der Waals surface area contributed by atoms with Crippen LogP contribution in [0.5, 0.6) is 11.5 Å². The van der Waals surface area contributed by atoms with E-state index in [1.54, 1.807) is 6.07 Å². The van der Waals surface area contributed by atoms with Crippen LogP contribution in [0.15, 0.2) is 12.1 Å². The predicted octanol–water partition coefficient (Wildman–Crippen LogP) is 3.39. The van der Waals surface area contributed by atoms with Crippen molar-refractivity contribution in [3.8, 4) is 11.5 Å². The number of ether oxygens (including phenoxy) is 2. The lowest BCUT2D eigenvalue weighted by Crippen LogP contribution is -2.42. The summed E-state index contributed by atoms with van der Waals surface area (Å²) in [4.78, 5) is 0. The molecular formula is C16H26ClNO3. The summed E-state index contributed by atoms with van der Waals surface area (Å²) in [5.41, 5.74) is 0.567. The van der Waals surface area contributed by atoms with Crippen molar-refractivity contribution in [3.05, 3.63) is 22.7 Å². The third kappa shape index (κ3) is 5.73. The monoisotopic (exact) mass is 315 g/mol. The molecule has 0 amide bonds. The minimum Gasteiger partial charge on any atom is -0.490 e. The maximum atomic E-state index is 9.28. The van der Waals surface area contributed by atoms with Crippen LogP contribution < -0.4 is 14.8 Å². The highest BCUT2D eigenvalue weighted by Crippen LogP contribution is 2.34. The Morgan fingerprint density at radius 3 is 2.43 bits per heavy atom. The highest BCUT2D eigenvalue weighted by molar-refractivity contribution is 6.31. The maximum Gasteiger partial charge on any atom is 0.162 e. The van der Waals surface area contributed by atoms with Gasteiger partial charge >= 0.3 is 0 Å². The first-order valence-corrected chi connectivity index (χ1v) is 7.75. The van der Waals surface area contributed by atoms with Gasteiger partial charge in [0.25, 0.3) is 0 Å². The fourth-order valence-electron chi connectivity index (χ4n) is 1.70. The second-order valence-electron chi connectivity index (χ2n) is 5.57. The average Bonchev–Trinajstić information content (AvgIpc) is 2.46. The molecule has 0 aliphatic rings. The third-order valence-corrected chi connectivity index (χ3v) is 3.38. The Labute approximate surface area is 132 Å². The van der Waals surface area contributed by atoms with Gasteiger partial charge in [0.15, 0.2) is 11.5 Å². The molecule has 0 fully saturated rings. The molecule has 0 spiro atoms. The summed E-state index contributed by atoms with van der Waals surface area (Å²) in [6.45, 7) is 9.67. The van der Waals surface area contributed by atoms with Crippen LogP contribution in [0.1, 0.15) is 39.7 Å². The van der Waals surface area contributed by atoms with E-state index in [4.69, 9.17) is 21.1 Å². The second kappa shape index (κ2) is 8.47. The van der Waals surface area contributed by atoms with Crippen molar-refractivity contribution in [1.29, 1.82) is 0 Å². The molecule has 0 atom stereocenters. The van der Waals surface area contributed by atoms with Crippen LogP contribution in [-0.2, 0) is 6.54 Å². The average molecular weight is 316 g/mol. The molecule has 0 bridgehead atoms. The number of halogens is 1. The Hall–Kier alpha value is -0.970. The lowest BCUT2D eigenvalue weighted by Gasteiger charge is -2.24. The van der Waals surface area contributed by atoms with Gasteiger partial charge < -0.3 is 19.9 Å². The largest absolute Gasteiger partial charge is 0.490 e. The van der Waals surface area contributed by atoms with Gasteiger partial charge in [-0.2, -0.15) is 0 Å². The Bertz CT molecular complexity index is 449. The van der Waals surface area contributed by atoms with E-state index in [2.05, 4.69) is 12.2 Å². The van der Waals surface area contributed by atoms with Gasteiger partial charge in [0.2, 0.25) is 0 Å². The van der Waals surface area contributed by atoms with E-state index in [0.717, 1.165) is 12.0 Å². The zero-order chi connectivity index (χ0) is 15.9. The maximum absolute atomic E-state index is 9.28. The summed E-state index contributed by atoms with van der Waals surface area (Å²) in [6.07, 6.45) is 0.928. The number of benzene rings is 1. The third-order valence-electron chi connectivity index (χ3n) is 3.03. The molecule has 0 saturated carbocycles. The molecule has 1 aromatic rings. The van der Waals surface area contributed by atoms with Crippen LogP contribution in [0.3, 0.4) is 0 Å². The first kappa shape index (κ1) is 18.1. The topological polar surface area (TPSA) is 50.7 Å². The van der Waals surface area contributed by atoms with Gasteiger partial charge in [0, 0.05) is 23.2 Å². The Kier molecular flexibility index (Phi) is 7.29. The zero-order valence-corrected chi connectivity index (χ0v) is 14.1. The fraction of sp³-hybridized carbons (Fsp3) is 0.625. The van der Waals surface area contributed by atoms with Gasteiger partial charge in [-0.3, -0.25) is 0 Å². The highest BCUT2D eigenvalue weighted by atomic mass is 35.5. The van der Waals surface area contributed by atoms with Crippen molar-refractivity contribution in [2.24, 2.45) is 0 Å². The lowest BCUT2D eigenvalue weighted by atomic mass is 10.1. The summed E-state index contributed by atoms with van der Waals surface area (Å²) in [5, 5.41) is 13.2. The molecule has 120 valence electrons. The first-order valence-electron chi connectivity index (χ1n) is 7.37. The van der Waals surface area contributed by atoms with E-state index in [9.17, 15) is 5.11 Å². The Morgan fingerprint density at radius 2 is 1.86 bits per heavy atom. The smallest absolute Gasteiger partial charge is 0.162 e. The molecule has 5 heteroatoms. The molecule has 4 nitrogen and oxygen atoms in total. The minimum atomic E-state index is -0.355. The van der Waals surface area contributed by atoms with Crippen LogP contribution in [0, 0.1) is 0 Å². The van der Waals surface area contributed by atoms with Gasteiger partial charge in [0.1, 0.15) is 0 Å². The van der Waals surface area contributed by atoms with Crippen molar-refractivity contribution in [2.45, 2.75) is 46.2 Å². The van der Waals surface area contributed by atoms with Crippen LogP contribution in [0.2, 0.25) is 5.02 Å². The molecule has 0 aliphatic heterocycles. The molecule has 0 radical (unpaired) electrons. The van der Waals surface area contributed by atoms with Gasteiger partial charge in [-0.25, -0.2) is 0 Å². The van der Waals surface area contributed by atoms with Crippen molar-refractivity contribution in [1.82, 2.24) is 5.32 Å². The molecule has 21 heavy (non-hydrogen) atoms. The van der Waals surface area contributed by atoms with E-state index in [-0.39, 0.29) is 12.1 Å². The summed E-state index contributed by atoms with van der Waals surface area (Å²) in [6, 6.07) is 3.70. The number of aliphatic hydroxyl groups is 1. The SMILES string of the molecule is CCCOc1cc(Cl)c(CNC(C)(C)CO)cc1OCC. The van der Waals surface area contributed by atoms with Gasteiger partial charge in [0.05, 0.1) is 19.8 Å². The normalized spacial score (nSPS) is 11.5. The quantitative estimate of drug-likeness (QED) is 0.733. The molecule has 0 saturated heterocycles. The molecule has 2 N–H and O–H groups in total. The van der Waals surface area contributed by atoms with E-state index in [0.29, 0.717) is 36.3 Å². The van der Waals surface area contributed by atoms with Crippen LogP contribution in [-0.4, -0.2) is 30.5 Å². The van der Waals surface area contributed by atoms with Crippen LogP contribution in [0.25, 0.3) is 0 Å². The van der Waals surface area contributed by atoms with E-state index >= 15 is 0 Å². The van der Waals surface area contributed by atoms with E-state index < -0.39 is 0 Å². The molecule has 0 aliphatic carbocycles. The van der Waals surface area contributed by atoms with Gasteiger partial charge in [-0.15, -0.1) is 0 Å². The van der Waals surface area contributed by atoms with Gasteiger partial charge in [-0.05, 0) is 38.8 Å². The van der Waals surface area contributed by atoms with E-state index in [1.165, 1.54) is 0 Å². The van der Waals surface area contributed by atoms with E-state index in [1.807, 2.05) is 26.8 Å².